The number of aliphatic hydroxyl groups is 1. The number of nitrogens with zero attached hydrogens (tertiary/aromatic N) is 4. The van der Waals surface area contributed by atoms with Gasteiger partial charge in [-0.3, -0.25) is 14.7 Å². The van der Waals surface area contributed by atoms with Crippen LogP contribution in [0.4, 0.5) is 5.95 Å². The van der Waals surface area contributed by atoms with E-state index in [2.05, 4.69) is 35.7 Å². The van der Waals surface area contributed by atoms with Crippen LogP contribution >= 0.6 is 0 Å². The normalized spacial score (nSPS) is 13.6. The van der Waals surface area contributed by atoms with Crippen LogP contribution in [0.1, 0.15) is 28.4 Å². The van der Waals surface area contributed by atoms with E-state index in [1.54, 1.807) is 48.8 Å². The van der Waals surface area contributed by atoms with Crippen molar-refractivity contribution in [2.24, 2.45) is 0 Å². The number of anilines is 1. The van der Waals surface area contributed by atoms with Gasteiger partial charge >= 0.3 is 0 Å². The summed E-state index contributed by atoms with van der Waals surface area (Å²) < 4.78 is 20.5. The summed E-state index contributed by atoms with van der Waals surface area (Å²) in [4.78, 5) is 16.8. The van der Waals surface area contributed by atoms with Crippen molar-refractivity contribution in [1.82, 2.24) is 25.1 Å². The first kappa shape index (κ1) is 22.8. The quantitative estimate of drug-likeness (QED) is 0.312. The summed E-state index contributed by atoms with van der Waals surface area (Å²) in [5.74, 6) is 4.56. The van der Waals surface area contributed by atoms with Gasteiger partial charge in [0.05, 0.1) is 28.1 Å². The van der Waals surface area contributed by atoms with E-state index in [-0.39, 0.29) is 5.95 Å². The molecule has 0 aliphatic rings. The Morgan fingerprint density at radius 1 is 1.09 bits per heavy atom. The lowest BCUT2D eigenvalue weighted by atomic mass is 9.83. The number of imidazole rings is 1. The molecule has 10 heteroatoms. The molecule has 0 aliphatic heterocycles. The van der Waals surface area contributed by atoms with Crippen molar-refractivity contribution in [3.05, 3.63) is 89.3 Å². The highest BCUT2D eigenvalue weighted by molar-refractivity contribution is 8.00. The number of hydrogen-bond acceptors (Lipinski definition) is 7. The van der Waals surface area contributed by atoms with Gasteiger partial charge in [0.15, 0.2) is 5.60 Å². The van der Waals surface area contributed by atoms with Crippen molar-refractivity contribution < 1.29 is 13.8 Å². The average molecular weight is 489 g/mol. The zero-order chi connectivity index (χ0) is 24.8. The van der Waals surface area contributed by atoms with E-state index in [4.69, 9.17) is 4.52 Å². The Balaban J connectivity index is 1.88. The number of hydrogen-bond donors (Lipinski definition) is 3. The van der Waals surface area contributed by atoms with Crippen LogP contribution in [0.15, 0.2) is 65.4 Å². The number of nitrogens with one attached hydrogen (secondary N) is 2. The third-order valence-electron chi connectivity index (χ3n) is 5.68. The minimum atomic E-state index is -2.60. The molecular weight excluding hydrogens is 464 g/mol. The fraction of sp³-hybridized carbons (Fsp3) is 0.160. The molecule has 4 aromatic heterocycles. The second-order valence-electron chi connectivity index (χ2n) is 8.45. The number of H-pyrrole nitrogens is 1. The fourth-order valence-electron chi connectivity index (χ4n) is 4.25. The molecule has 178 valence electrons. The molecule has 5 rings (SSSR count). The molecule has 0 amide bonds. The molecule has 3 N–H and O–H groups in total. The molecule has 0 spiro atoms. The molecule has 0 bridgehead atoms. The molecule has 5 aromatic rings. The Morgan fingerprint density at radius 3 is 2.26 bits per heavy atom. The highest BCUT2D eigenvalue weighted by Gasteiger charge is 2.39. The van der Waals surface area contributed by atoms with Gasteiger partial charge in [0.1, 0.15) is 5.76 Å². The summed E-state index contributed by atoms with van der Waals surface area (Å²) >= 11 is 0. The fourth-order valence-corrected chi connectivity index (χ4v) is 4.75. The zero-order valence-corrected chi connectivity index (χ0v) is 20.3. The first-order chi connectivity index (χ1) is 16.7. The molecule has 4 heterocycles. The topological polar surface area (TPSA) is 130 Å². The second kappa shape index (κ2) is 8.33. The third kappa shape index (κ3) is 4.07. The van der Waals surface area contributed by atoms with Gasteiger partial charge in [0.2, 0.25) is 5.95 Å². The van der Waals surface area contributed by atoms with Crippen LogP contribution < -0.4 is 4.72 Å². The summed E-state index contributed by atoms with van der Waals surface area (Å²) in [6, 6.07) is 14.4. The van der Waals surface area contributed by atoms with Crippen molar-refractivity contribution in [3.63, 3.8) is 0 Å². The predicted molar refractivity (Wildman–Crippen MR) is 136 cm³/mol. The van der Waals surface area contributed by atoms with E-state index < -0.39 is 15.3 Å². The van der Waals surface area contributed by atoms with Crippen LogP contribution in [-0.4, -0.2) is 46.5 Å². The van der Waals surface area contributed by atoms with Crippen molar-refractivity contribution >= 4 is 32.6 Å². The number of pyridine rings is 2. The largest absolute Gasteiger partial charge is 0.373 e. The Bertz CT molecular complexity index is 1570. The number of benzene rings is 1. The summed E-state index contributed by atoms with van der Waals surface area (Å²) in [5.41, 5.74) is 2.79. The van der Waals surface area contributed by atoms with Crippen LogP contribution in [0.2, 0.25) is 0 Å². The molecule has 1 aromatic carbocycles. The first-order valence-corrected chi connectivity index (χ1v) is 12.9. The lowest BCUT2D eigenvalue weighted by Gasteiger charge is -2.28. The van der Waals surface area contributed by atoms with E-state index in [1.165, 1.54) is 6.26 Å². The Kier molecular flexibility index (Phi) is 5.42. The third-order valence-corrected chi connectivity index (χ3v) is 6.31. The van der Waals surface area contributed by atoms with Gasteiger partial charge in [-0.1, -0.05) is 17.3 Å². The van der Waals surface area contributed by atoms with E-state index in [0.29, 0.717) is 39.4 Å². The van der Waals surface area contributed by atoms with Gasteiger partial charge in [-0.15, -0.1) is 0 Å². The molecule has 35 heavy (non-hydrogen) atoms. The minimum Gasteiger partial charge on any atom is -0.373 e. The van der Waals surface area contributed by atoms with Crippen molar-refractivity contribution in [2.45, 2.75) is 19.4 Å². The number of aromatic amines is 1. The molecule has 9 nitrogen and oxygen atoms in total. The van der Waals surface area contributed by atoms with Gasteiger partial charge in [-0.05, 0) is 61.7 Å². The first-order valence-electron chi connectivity index (χ1n) is 10.8. The zero-order valence-electron chi connectivity index (χ0n) is 19.4. The molecule has 0 saturated carbocycles. The molecular formula is C25H24N6O3S. The number of aryl methyl sites for hydroxylation is 2. The molecule has 0 fully saturated rings. The smallest absolute Gasteiger partial charge is 0.212 e. The van der Waals surface area contributed by atoms with E-state index in [1.807, 2.05) is 26.0 Å². The summed E-state index contributed by atoms with van der Waals surface area (Å²) in [6.07, 6.45) is 4.71. The van der Waals surface area contributed by atoms with E-state index in [0.717, 1.165) is 11.1 Å². The van der Waals surface area contributed by atoms with Gasteiger partial charge in [0.25, 0.3) is 0 Å². The van der Waals surface area contributed by atoms with Gasteiger partial charge in [0, 0.05) is 39.5 Å². The highest BCUT2D eigenvalue weighted by atomic mass is 32.2. The van der Waals surface area contributed by atoms with Gasteiger partial charge in [-0.25, -0.2) is 9.19 Å². The standard InChI is InChI=1S/C25H24N6O3S/c1-15-22(16(2)34-30-15)17-13-18(23-19(14-17)28-24(29-23)31-35(3,4)33)25(32,20-9-5-7-11-26-20)21-10-6-8-12-27-21/h5-14,32H,3H2,1-2,4H3,(H2,28,29,31,33). The van der Waals surface area contributed by atoms with Crippen LogP contribution in [0.5, 0.6) is 0 Å². The van der Waals surface area contributed by atoms with Gasteiger partial charge in [-0.2, -0.15) is 0 Å². The van der Waals surface area contributed by atoms with Crippen LogP contribution in [0, 0.1) is 13.8 Å². The SMILES string of the molecule is C=S(C)(=O)Nc1nc2c(C(O)(c3ccccn3)c3ccccn3)cc(-c3c(C)noc3C)cc2[nH]1. The van der Waals surface area contributed by atoms with Crippen LogP contribution in [-0.2, 0) is 15.3 Å². The lowest BCUT2D eigenvalue weighted by molar-refractivity contribution is 0.117. The van der Waals surface area contributed by atoms with Crippen molar-refractivity contribution in [3.8, 4) is 11.1 Å². The molecule has 1 atom stereocenters. The molecule has 1 unspecified atom stereocenters. The average Bonchev–Trinajstić information content (AvgIpc) is 3.39. The van der Waals surface area contributed by atoms with E-state index in [9.17, 15) is 9.32 Å². The number of aromatic nitrogens is 5. The van der Waals surface area contributed by atoms with Crippen LogP contribution in [0.3, 0.4) is 0 Å². The molecule has 0 radical (unpaired) electrons. The van der Waals surface area contributed by atoms with Gasteiger partial charge < -0.3 is 14.6 Å². The Labute approximate surface area is 202 Å². The van der Waals surface area contributed by atoms with Crippen molar-refractivity contribution in [2.75, 3.05) is 11.0 Å². The number of rotatable bonds is 6. The molecule has 0 saturated heterocycles. The maximum Gasteiger partial charge on any atom is 0.212 e. The Morgan fingerprint density at radius 2 is 1.74 bits per heavy atom. The maximum atomic E-state index is 12.4. The van der Waals surface area contributed by atoms with Crippen molar-refractivity contribution in [1.29, 1.82) is 0 Å². The molecule has 0 aliphatic carbocycles. The highest BCUT2D eigenvalue weighted by Crippen LogP contribution is 2.41. The predicted octanol–water partition coefficient (Wildman–Crippen LogP) is 3.58. The second-order valence-corrected chi connectivity index (χ2v) is 10.7. The number of fused-ring (bicyclic) bond motifs is 1. The van der Waals surface area contributed by atoms with Crippen LogP contribution in [0.25, 0.3) is 22.2 Å². The monoisotopic (exact) mass is 488 g/mol. The Hall–Kier alpha value is -4.02. The summed E-state index contributed by atoms with van der Waals surface area (Å²) in [6.45, 7) is 3.69. The minimum absolute atomic E-state index is 0.268. The van der Waals surface area contributed by atoms with E-state index >= 15 is 0 Å². The summed E-state index contributed by atoms with van der Waals surface area (Å²) in [5, 5.41) is 16.5. The maximum absolute atomic E-state index is 12.4. The lowest BCUT2D eigenvalue weighted by Crippen LogP contribution is -2.31. The summed E-state index contributed by atoms with van der Waals surface area (Å²) in [7, 11) is -2.60.